The van der Waals surface area contributed by atoms with Crippen LogP contribution < -0.4 is 10.1 Å². The Labute approximate surface area is 122 Å². The van der Waals surface area contributed by atoms with Crippen molar-refractivity contribution in [3.8, 4) is 5.75 Å². The lowest BCUT2D eigenvalue weighted by atomic mass is 10.2. The number of alkyl carbamates (subject to hydrolysis) is 1. The van der Waals surface area contributed by atoms with Gasteiger partial charge in [0, 0.05) is 4.47 Å². The molecule has 0 bridgehead atoms. The van der Waals surface area contributed by atoms with Crippen LogP contribution in [0.4, 0.5) is 4.79 Å². The first-order valence-electron chi connectivity index (χ1n) is 6.13. The lowest BCUT2D eigenvalue weighted by Gasteiger charge is -2.19. The smallest absolute Gasteiger partial charge is 0.407 e. The molecule has 0 heterocycles. The van der Waals surface area contributed by atoms with E-state index >= 15 is 0 Å². The van der Waals surface area contributed by atoms with Crippen molar-refractivity contribution in [1.82, 2.24) is 5.32 Å². The fraction of sp³-hybridized carbons (Fsp3) is 0.500. The number of amides is 1. The fourth-order valence-electron chi connectivity index (χ4n) is 1.42. The van der Waals surface area contributed by atoms with Crippen molar-refractivity contribution >= 4 is 22.0 Å². The van der Waals surface area contributed by atoms with E-state index in [0.717, 1.165) is 15.8 Å². The van der Waals surface area contributed by atoms with Gasteiger partial charge in [-0.3, -0.25) is 0 Å². The molecule has 0 atom stereocenters. The number of carbonyl (C=O) groups excluding carboxylic acids is 1. The molecule has 0 saturated carbocycles. The van der Waals surface area contributed by atoms with E-state index in [9.17, 15) is 4.79 Å². The van der Waals surface area contributed by atoms with Gasteiger partial charge in [-0.15, -0.1) is 0 Å². The molecule has 1 rings (SSSR count). The molecule has 1 amide bonds. The van der Waals surface area contributed by atoms with Gasteiger partial charge in [-0.25, -0.2) is 4.79 Å². The standard InChI is InChI=1S/C14H20BrNO3/c1-10-7-11(15)9-12(8-10)18-6-5-16-13(17)19-14(2,3)4/h7-9H,5-6H2,1-4H3,(H,16,17). The van der Waals surface area contributed by atoms with E-state index in [1.54, 1.807) is 0 Å². The molecule has 4 nitrogen and oxygen atoms in total. The molecule has 0 aliphatic carbocycles. The summed E-state index contributed by atoms with van der Waals surface area (Å²) < 4.78 is 11.6. The molecular formula is C14H20BrNO3. The number of halogens is 1. The molecule has 0 unspecified atom stereocenters. The summed E-state index contributed by atoms with van der Waals surface area (Å²) in [5.74, 6) is 0.776. The second-order valence-electron chi connectivity index (χ2n) is 5.24. The molecule has 0 aliphatic rings. The normalized spacial score (nSPS) is 11.0. The van der Waals surface area contributed by atoms with E-state index in [1.807, 2.05) is 45.9 Å². The summed E-state index contributed by atoms with van der Waals surface area (Å²) in [4.78, 5) is 11.4. The van der Waals surface area contributed by atoms with Gasteiger partial charge in [0.25, 0.3) is 0 Å². The second kappa shape index (κ2) is 6.80. The average Bonchev–Trinajstić information content (AvgIpc) is 2.20. The SMILES string of the molecule is Cc1cc(Br)cc(OCCNC(=O)OC(C)(C)C)c1. The van der Waals surface area contributed by atoms with Gasteiger partial charge in [-0.2, -0.15) is 0 Å². The molecule has 0 aromatic heterocycles. The largest absolute Gasteiger partial charge is 0.492 e. The first-order valence-corrected chi connectivity index (χ1v) is 6.92. The van der Waals surface area contributed by atoms with Crippen LogP contribution in [0.15, 0.2) is 22.7 Å². The predicted octanol–water partition coefficient (Wildman–Crippen LogP) is 3.66. The molecule has 1 aromatic carbocycles. The van der Waals surface area contributed by atoms with Gasteiger partial charge < -0.3 is 14.8 Å². The topological polar surface area (TPSA) is 47.6 Å². The van der Waals surface area contributed by atoms with Crippen molar-refractivity contribution < 1.29 is 14.3 Å². The first-order chi connectivity index (χ1) is 8.76. The highest BCUT2D eigenvalue weighted by molar-refractivity contribution is 9.10. The zero-order valence-electron chi connectivity index (χ0n) is 11.7. The van der Waals surface area contributed by atoms with Crippen molar-refractivity contribution in [2.75, 3.05) is 13.2 Å². The molecular weight excluding hydrogens is 310 g/mol. The van der Waals surface area contributed by atoms with Gasteiger partial charge >= 0.3 is 6.09 Å². The Kier molecular flexibility index (Phi) is 5.66. The molecule has 0 saturated heterocycles. The zero-order chi connectivity index (χ0) is 14.5. The van der Waals surface area contributed by atoms with Crippen LogP contribution in [0.25, 0.3) is 0 Å². The summed E-state index contributed by atoms with van der Waals surface area (Å²) in [6.45, 7) is 8.28. The summed E-state index contributed by atoms with van der Waals surface area (Å²) in [5, 5.41) is 2.64. The van der Waals surface area contributed by atoms with Crippen LogP contribution in [0.1, 0.15) is 26.3 Å². The summed E-state index contributed by atoms with van der Waals surface area (Å²) in [7, 11) is 0. The number of hydrogen-bond donors (Lipinski definition) is 1. The third kappa shape index (κ3) is 7.06. The number of carbonyl (C=O) groups is 1. The Morgan fingerprint density at radius 2 is 2.00 bits per heavy atom. The van der Waals surface area contributed by atoms with Crippen LogP contribution >= 0.6 is 15.9 Å². The van der Waals surface area contributed by atoms with Crippen LogP contribution in [0.2, 0.25) is 0 Å². The van der Waals surface area contributed by atoms with E-state index in [1.165, 1.54) is 0 Å². The third-order valence-corrected chi connectivity index (χ3v) is 2.51. The second-order valence-corrected chi connectivity index (χ2v) is 6.16. The number of rotatable bonds is 4. The predicted molar refractivity (Wildman–Crippen MR) is 78.6 cm³/mol. The highest BCUT2D eigenvalue weighted by Gasteiger charge is 2.15. The average molecular weight is 330 g/mol. The quantitative estimate of drug-likeness (QED) is 0.857. The molecule has 1 N–H and O–H groups in total. The maximum Gasteiger partial charge on any atom is 0.407 e. The first kappa shape index (κ1) is 15.8. The van der Waals surface area contributed by atoms with Crippen molar-refractivity contribution in [3.63, 3.8) is 0 Å². The maximum atomic E-state index is 11.4. The molecule has 106 valence electrons. The number of ether oxygens (including phenoxy) is 2. The maximum absolute atomic E-state index is 11.4. The Balaban J connectivity index is 2.29. The lowest BCUT2D eigenvalue weighted by molar-refractivity contribution is 0.0520. The Bertz CT molecular complexity index is 421. The van der Waals surface area contributed by atoms with E-state index in [4.69, 9.17) is 9.47 Å². The highest BCUT2D eigenvalue weighted by Crippen LogP contribution is 2.20. The van der Waals surface area contributed by atoms with Crippen molar-refractivity contribution in [2.45, 2.75) is 33.3 Å². The molecule has 0 spiro atoms. The Morgan fingerprint density at radius 3 is 2.58 bits per heavy atom. The van der Waals surface area contributed by atoms with E-state index in [2.05, 4.69) is 21.2 Å². The minimum Gasteiger partial charge on any atom is -0.492 e. The van der Waals surface area contributed by atoms with Gasteiger partial charge in [0.05, 0.1) is 6.54 Å². The third-order valence-electron chi connectivity index (χ3n) is 2.05. The summed E-state index contributed by atoms with van der Waals surface area (Å²) in [5.41, 5.74) is 0.635. The molecule has 0 aliphatic heterocycles. The molecule has 0 radical (unpaired) electrons. The number of aryl methyl sites for hydroxylation is 1. The summed E-state index contributed by atoms with van der Waals surface area (Å²) in [6, 6.07) is 5.84. The minimum absolute atomic E-state index is 0.398. The molecule has 19 heavy (non-hydrogen) atoms. The van der Waals surface area contributed by atoms with Gasteiger partial charge in [0.15, 0.2) is 0 Å². The number of benzene rings is 1. The molecule has 0 fully saturated rings. The van der Waals surface area contributed by atoms with Crippen molar-refractivity contribution in [2.24, 2.45) is 0 Å². The van der Waals surface area contributed by atoms with Crippen LogP contribution in [-0.4, -0.2) is 24.8 Å². The highest BCUT2D eigenvalue weighted by atomic mass is 79.9. The van der Waals surface area contributed by atoms with Crippen LogP contribution in [0.5, 0.6) is 5.75 Å². The van der Waals surface area contributed by atoms with Crippen LogP contribution in [0.3, 0.4) is 0 Å². The lowest BCUT2D eigenvalue weighted by Crippen LogP contribution is -2.34. The number of nitrogens with one attached hydrogen (secondary N) is 1. The zero-order valence-corrected chi connectivity index (χ0v) is 13.3. The van der Waals surface area contributed by atoms with E-state index < -0.39 is 11.7 Å². The summed E-state index contributed by atoms with van der Waals surface area (Å²) >= 11 is 3.41. The molecule has 1 aromatic rings. The van der Waals surface area contributed by atoms with Gasteiger partial charge in [-0.05, 0) is 51.5 Å². The minimum atomic E-state index is -0.480. The van der Waals surface area contributed by atoms with E-state index in [0.29, 0.717) is 13.2 Å². The van der Waals surface area contributed by atoms with Crippen LogP contribution in [-0.2, 0) is 4.74 Å². The van der Waals surface area contributed by atoms with E-state index in [-0.39, 0.29) is 0 Å². The number of hydrogen-bond acceptors (Lipinski definition) is 3. The van der Waals surface area contributed by atoms with Gasteiger partial charge in [0.1, 0.15) is 18.0 Å². The Hall–Kier alpha value is -1.23. The van der Waals surface area contributed by atoms with Crippen LogP contribution in [0, 0.1) is 6.92 Å². The van der Waals surface area contributed by atoms with Gasteiger partial charge in [-0.1, -0.05) is 15.9 Å². The fourth-order valence-corrected chi connectivity index (χ4v) is 2.01. The van der Waals surface area contributed by atoms with Gasteiger partial charge in [0.2, 0.25) is 0 Å². The Morgan fingerprint density at radius 1 is 1.32 bits per heavy atom. The monoisotopic (exact) mass is 329 g/mol. The van der Waals surface area contributed by atoms with Crippen molar-refractivity contribution in [3.05, 3.63) is 28.2 Å². The van der Waals surface area contributed by atoms with Crippen molar-refractivity contribution in [1.29, 1.82) is 0 Å². The molecule has 5 heteroatoms. The summed E-state index contributed by atoms with van der Waals surface area (Å²) in [6.07, 6.45) is -0.429.